The Morgan fingerprint density at radius 1 is 0.264 bits per heavy atom. The maximum absolute atomic E-state index is 6.94. The number of benzene rings is 13. The van der Waals surface area contributed by atoms with Crippen molar-refractivity contribution in [2.45, 2.75) is 0 Å². The molecule has 0 atom stereocenters. The van der Waals surface area contributed by atoms with Gasteiger partial charge in [-0.2, -0.15) is 0 Å². The van der Waals surface area contributed by atoms with Gasteiger partial charge in [0, 0.05) is 37.9 Å². The first kappa shape index (κ1) is 40.5. The second-order valence-corrected chi connectivity index (χ2v) is 19.0. The van der Waals surface area contributed by atoms with Crippen LogP contribution in [-0.4, -0.2) is 6.71 Å². The standard InChI is InChI=1S/C68H42BNO2/c1-3-19-43(20-4-1)46-23-9-13-31-56(46)69(58-32-17-29-53-49-26-11-15-35-62(49)71-67(53)58)57-41-40-52-48-25-7-8-28-51(48)66-60(42-38-45-37-39-55(57)65(52)64(45)66)70(59-33-14-10-24-47(59)44-21-5-2-6-22-44)61-34-18-30-54-50-27-12-16-36-63(50)72-68(54)61/h1-42H. The van der Waals surface area contributed by atoms with Gasteiger partial charge in [-0.05, 0) is 84.8 Å². The molecule has 72 heavy (non-hydrogen) atoms. The first-order valence-corrected chi connectivity index (χ1v) is 24.8. The lowest BCUT2D eigenvalue weighted by Gasteiger charge is -2.30. The highest BCUT2D eigenvalue weighted by molar-refractivity contribution is 6.99. The highest BCUT2D eigenvalue weighted by atomic mass is 16.3. The molecule has 2 aromatic heterocycles. The first-order chi connectivity index (χ1) is 35.8. The van der Waals surface area contributed by atoms with Crippen molar-refractivity contribution >= 4 is 127 Å². The number of nitrogens with zero attached hydrogens (tertiary/aromatic N) is 1. The average Bonchev–Trinajstić information content (AvgIpc) is 4.04. The van der Waals surface area contributed by atoms with Crippen LogP contribution in [0.3, 0.4) is 0 Å². The van der Waals surface area contributed by atoms with Crippen molar-refractivity contribution < 1.29 is 8.83 Å². The van der Waals surface area contributed by atoms with Gasteiger partial charge < -0.3 is 13.7 Å². The molecule has 0 aliphatic heterocycles. The zero-order chi connectivity index (χ0) is 47.3. The average molecular weight is 916 g/mol. The molecule has 0 bridgehead atoms. The lowest BCUT2D eigenvalue weighted by molar-refractivity contribution is 0.669. The van der Waals surface area contributed by atoms with E-state index in [4.69, 9.17) is 8.83 Å². The van der Waals surface area contributed by atoms with Crippen molar-refractivity contribution in [1.29, 1.82) is 0 Å². The molecule has 0 spiro atoms. The fraction of sp³-hybridized carbons (Fsp3) is 0. The van der Waals surface area contributed by atoms with Crippen LogP contribution < -0.4 is 21.3 Å². The second-order valence-electron chi connectivity index (χ2n) is 19.0. The summed E-state index contributed by atoms with van der Waals surface area (Å²) in [5, 5.41) is 14.1. The van der Waals surface area contributed by atoms with Gasteiger partial charge in [0.15, 0.2) is 5.58 Å². The molecule has 3 nitrogen and oxygen atoms in total. The maximum Gasteiger partial charge on any atom is 0.247 e. The van der Waals surface area contributed by atoms with Gasteiger partial charge in [-0.3, -0.25) is 0 Å². The molecular formula is C68H42BNO2. The summed E-state index contributed by atoms with van der Waals surface area (Å²) in [4.78, 5) is 2.47. The lowest BCUT2D eigenvalue weighted by atomic mass is 9.35. The molecule has 2 heterocycles. The smallest absolute Gasteiger partial charge is 0.247 e. The third kappa shape index (κ3) is 6.06. The van der Waals surface area contributed by atoms with Crippen molar-refractivity contribution in [2.24, 2.45) is 0 Å². The maximum atomic E-state index is 6.94. The molecule has 15 aromatic rings. The third-order valence-electron chi connectivity index (χ3n) is 15.2. The van der Waals surface area contributed by atoms with Gasteiger partial charge in [0.1, 0.15) is 16.7 Å². The zero-order valence-corrected chi connectivity index (χ0v) is 39.1. The number of rotatable bonds is 8. The first-order valence-electron chi connectivity index (χ1n) is 24.8. The van der Waals surface area contributed by atoms with Gasteiger partial charge in [0.2, 0.25) is 6.71 Å². The van der Waals surface area contributed by atoms with E-state index in [9.17, 15) is 0 Å². The van der Waals surface area contributed by atoms with Crippen molar-refractivity contribution in [3.05, 3.63) is 255 Å². The summed E-state index contributed by atoms with van der Waals surface area (Å²) in [5.41, 5.74) is 14.9. The molecule has 334 valence electrons. The lowest BCUT2D eigenvalue weighted by Crippen LogP contribution is -2.53. The Bertz CT molecular complexity index is 4590. The van der Waals surface area contributed by atoms with E-state index < -0.39 is 0 Å². The molecule has 13 aromatic carbocycles. The number of anilines is 3. The van der Waals surface area contributed by atoms with E-state index >= 15 is 0 Å². The van der Waals surface area contributed by atoms with Crippen LogP contribution in [0.15, 0.2) is 264 Å². The van der Waals surface area contributed by atoms with Gasteiger partial charge in [0.25, 0.3) is 0 Å². The van der Waals surface area contributed by atoms with Gasteiger partial charge in [-0.1, -0.05) is 235 Å². The third-order valence-corrected chi connectivity index (χ3v) is 15.2. The molecular weight excluding hydrogens is 874 g/mol. The topological polar surface area (TPSA) is 29.5 Å². The van der Waals surface area contributed by atoms with E-state index in [1.165, 1.54) is 65.1 Å². The van der Waals surface area contributed by atoms with Gasteiger partial charge in [-0.25, -0.2) is 0 Å². The fourth-order valence-electron chi connectivity index (χ4n) is 12.1. The Morgan fingerprint density at radius 2 is 0.778 bits per heavy atom. The second kappa shape index (κ2) is 16.1. The van der Waals surface area contributed by atoms with Crippen molar-refractivity contribution in [1.82, 2.24) is 0 Å². The van der Waals surface area contributed by atoms with Crippen LogP contribution in [0.4, 0.5) is 17.1 Å². The number of para-hydroxylation sites is 5. The van der Waals surface area contributed by atoms with E-state index in [2.05, 4.69) is 260 Å². The van der Waals surface area contributed by atoms with Crippen LogP contribution in [0.1, 0.15) is 0 Å². The minimum absolute atomic E-state index is 0.194. The van der Waals surface area contributed by atoms with Crippen LogP contribution in [0.2, 0.25) is 0 Å². The van der Waals surface area contributed by atoms with E-state index in [0.717, 1.165) is 77.5 Å². The highest BCUT2D eigenvalue weighted by Gasteiger charge is 2.32. The van der Waals surface area contributed by atoms with Gasteiger partial charge >= 0.3 is 0 Å². The van der Waals surface area contributed by atoms with Crippen LogP contribution >= 0.6 is 0 Å². The molecule has 0 fully saturated rings. The SMILES string of the molecule is c1ccc(-c2ccccc2B(c2ccc3c4ccccc4c4c(N(c5ccccc5-c5ccccc5)c5cccc6c5oc5ccccc56)ccc5ccc2c3c54)c2cccc3c2oc2ccccc23)cc1. The molecule has 0 unspecified atom stereocenters. The Hall–Kier alpha value is -9.38. The number of fused-ring (bicyclic) bond motifs is 9. The minimum Gasteiger partial charge on any atom is -0.457 e. The summed E-state index contributed by atoms with van der Waals surface area (Å²) < 4.78 is 13.9. The fourth-order valence-corrected chi connectivity index (χ4v) is 12.1. The van der Waals surface area contributed by atoms with Crippen LogP contribution in [0.25, 0.3) is 109 Å². The minimum atomic E-state index is -0.194. The van der Waals surface area contributed by atoms with Crippen molar-refractivity contribution in [2.75, 3.05) is 4.90 Å². The molecule has 0 saturated carbocycles. The van der Waals surface area contributed by atoms with Crippen molar-refractivity contribution in [3.8, 4) is 22.3 Å². The Balaban J connectivity index is 1.07. The molecule has 0 radical (unpaired) electrons. The normalized spacial score (nSPS) is 11.9. The number of hydrogen-bond donors (Lipinski definition) is 0. The Morgan fingerprint density at radius 3 is 1.54 bits per heavy atom. The summed E-state index contributed by atoms with van der Waals surface area (Å²) >= 11 is 0. The van der Waals surface area contributed by atoms with Crippen molar-refractivity contribution in [3.63, 3.8) is 0 Å². The largest absolute Gasteiger partial charge is 0.457 e. The molecule has 0 aliphatic rings. The molecule has 4 heteroatoms. The number of hydrogen-bond acceptors (Lipinski definition) is 3. The van der Waals surface area contributed by atoms with Crippen LogP contribution in [-0.2, 0) is 0 Å². The summed E-state index contributed by atoms with van der Waals surface area (Å²) in [7, 11) is 0. The molecule has 0 N–H and O–H groups in total. The highest BCUT2D eigenvalue weighted by Crippen LogP contribution is 2.51. The van der Waals surface area contributed by atoms with Crippen LogP contribution in [0, 0.1) is 0 Å². The van der Waals surface area contributed by atoms with Crippen LogP contribution in [0.5, 0.6) is 0 Å². The van der Waals surface area contributed by atoms with E-state index in [1.54, 1.807) is 0 Å². The monoisotopic (exact) mass is 915 g/mol. The zero-order valence-electron chi connectivity index (χ0n) is 39.1. The molecule has 15 rings (SSSR count). The van der Waals surface area contributed by atoms with E-state index in [-0.39, 0.29) is 6.71 Å². The van der Waals surface area contributed by atoms with Gasteiger partial charge in [-0.15, -0.1) is 0 Å². The predicted molar refractivity (Wildman–Crippen MR) is 305 cm³/mol. The molecule has 0 aliphatic carbocycles. The summed E-state index contributed by atoms with van der Waals surface area (Å²) in [6.45, 7) is -0.194. The molecule has 0 amide bonds. The summed E-state index contributed by atoms with van der Waals surface area (Å²) in [5.74, 6) is 0. The Kier molecular flexibility index (Phi) is 9.06. The quantitative estimate of drug-likeness (QED) is 0.0864. The summed E-state index contributed by atoms with van der Waals surface area (Å²) in [6.07, 6.45) is 0. The van der Waals surface area contributed by atoms with Gasteiger partial charge in [0.05, 0.1) is 17.1 Å². The van der Waals surface area contributed by atoms with E-state index in [1.807, 2.05) is 0 Å². The Labute approximate surface area is 415 Å². The molecule has 0 saturated heterocycles. The number of furan rings is 2. The predicted octanol–water partition coefficient (Wildman–Crippen LogP) is 16.9. The summed E-state index contributed by atoms with van der Waals surface area (Å²) in [6, 6.07) is 92.5. The van der Waals surface area contributed by atoms with E-state index in [0.29, 0.717) is 0 Å².